The number of ether oxygens (including phenoxy) is 1. The molecule has 0 saturated heterocycles. The predicted molar refractivity (Wildman–Crippen MR) is 53.5 cm³/mol. The van der Waals surface area contributed by atoms with Gasteiger partial charge < -0.3 is 4.74 Å². The van der Waals surface area contributed by atoms with Gasteiger partial charge in [0.25, 0.3) is 0 Å². The molecule has 0 aliphatic carbocycles. The zero-order valence-electron chi connectivity index (χ0n) is 8.41. The molecular formula is C9H15ClN2O. The molecule has 0 spiro atoms. The lowest BCUT2D eigenvalue weighted by molar-refractivity contribution is 0.403. The number of alkyl halides is 1. The van der Waals surface area contributed by atoms with Crippen LogP contribution in [-0.4, -0.2) is 22.3 Å². The summed E-state index contributed by atoms with van der Waals surface area (Å²) in [5, 5.41) is 4.20. The zero-order chi connectivity index (χ0) is 10.0. The molecule has 0 saturated carbocycles. The molecule has 1 aromatic heterocycles. The Morgan fingerprint density at radius 3 is 2.62 bits per heavy atom. The fourth-order valence-corrected chi connectivity index (χ4v) is 1.44. The molecule has 0 bridgehead atoms. The summed E-state index contributed by atoms with van der Waals surface area (Å²) in [5.74, 6) is 1.05. The van der Waals surface area contributed by atoms with Crippen LogP contribution in [0.25, 0.3) is 0 Å². The third-order valence-electron chi connectivity index (χ3n) is 2.29. The van der Waals surface area contributed by atoms with Crippen LogP contribution in [0.5, 0.6) is 5.75 Å². The van der Waals surface area contributed by atoms with Gasteiger partial charge in [0, 0.05) is 18.3 Å². The number of hydrogen-bond acceptors (Lipinski definition) is 2. The van der Waals surface area contributed by atoms with Gasteiger partial charge in [-0.05, 0) is 6.92 Å². The molecule has 0 amide bonds. The average Bonchev–Trinajstić information content (AvgIpc) is 2.45. The summed E-state index contributed by atoms with van der Waals surface area (Å²) in [6.07, 6.45) is 1.71. The van der Waals surface area contributed by atoms with Crippen molar-refractivity contribution in [1.29, 1.82) is 0 Å². The van der Waals surface area contributed by atoms with E-state index in [1.807, 2.05) is 18.7 Å². The van der Waals surface area contributed by atoms with Gasteiger partial charge in [0.1, 0.15) is 0 Å². The van der Waals surface area contributed by atoms with Crippen LogP contribution in [0.2, 0.25) is 0 Å². The van der Waals surface area contributed by atoms with Crippen molar-refractivity contribution < 1.29 is 4.74 Å². The summed E-state index contributed by atoms with van der Waals surface area (Å²) in [4.78, 5) is 0. The largest absolute Gasteiger partial charge is 0.493 e. The number of methoxy groups -OCH3 is 1. The molecule has 0 N–H and O–H groups in total. The number of aromatic nitrogens is 2. The second-order valence-corrected chi connectivity index (χ2v) is 3.88. The Morgan fingerprint density at radius 2 is 2.15 bits per heavy atom. The molecule has 4 heteroatoms. The third kappa shape index (κ3) is 1.97. The minimum atomic E-state index is 0.0734. The van der Waals surface area contributed by atoms with Crippen LogP contribution < -0.4 is 4.74 Å². The van der Waals surface area contributed by atoms with E-state index in [-0.39, 0.29) is 11.3 Å². The van der Waals surface area contributed by atoms with E-state index < -0.39 is 0 Å². The number of hydrogen-bond donors (Lipinski definition) is 0. The van der Waals surface area contributed by atoms with Crippen LogP contribution in [-0.2, 0) is 7.05 Å². The Hall–Kier alpha value is -0.700. The first-order valence-electron chi connectivity index (χ1n) is 4.27. The first-order valence-corrected chi connectivity index (χ1v) is 4.71. The number of nitrogens with zero attached hydrogens (tertiary/aromatic N) is 2. The normalized spacial score (nSPS) is 15.5. The molecule has 3 nitrogen and oxygen atoms in total. The fraction of sp³-hybridized carbons (Fsp3) is 0.667. The van der Waals surface area contributed by atoms with Crippen LogP contribution in [0.3, 0.4) is 0 Å². The van der Waals surface area contributed by atoms with Gasteiger partial charge in [-0.1, -0.05) is 6.92 Å². The SMILES string of the molecule is COc1cnn(C)c1C(C)C(C)Cl. The minimum Gasteiger partial charge on any atom is -0.493 e. The Balaban J connectivity index is 3.03. The summed E-state index contributed by atoms with van der Waals surface area (Å²) in [7, 11) is 3.54. The zero-order valence-corrected chi connectivity index (χ0v) is 9.17. The molecule has 1 heterocycles. The lowest BCUT2D eigenvalue weighted by Gasteiger charge is -2.15. The van der Waals surface area contributed by atoms with Crippen LogP contribution in [0.1, 0.15) is 25.5 Å². The van der Waals surface area contributed by atoms with Gasteiger partial charge in [0.2, 0.25) is 0 Å². The van der Waals surface area contributed by atoms with Crippen molar-refractivity contribution in [3.05, 3.63) is 11.9 Å². The second kappa shape index (κ2) is 4.01. The molecule has 2 unspecified atom stereocenters. The molecule has 1 aromatic rings. The van der Waals surface area contributed by atoms with E-state index >= 15 is 0 Å². The van der Waals surface area contributed by atoms with Gasteiger partial charge in [-0.2, -0.15) is 5.10 Å². The van der Waals surface area contributed by atoms with Gasteiger partial charge in [0.05, 0.1) is 19.0 Å². The molecule has 0 radical (unpaired) electrons. The van der Waals surface area contributed by atoms with E-state index in [4.69, 9.17) is 16.3 Å². The van der Waals surface area contributed by atoms with Crippen LogP contribution in [0.15, 0.2) is 6.20 Å². The highest BCUT2D eigenvalue weighted by molar-refractivity contribution is 6.20. The maximum absolute atomic E-state index is 6.02. The highest BCUT2D eigenvalue weighted by Gasteiger charge is 2.20. The highest BCUT2D eigenvalue weighted by Crippen LogP contribution is 2.29. The van der Waals surface area contributed by atoms with E-state index in [1.165, 1.54) is 0 Å². The van der Waals surface area contributed by atoms with Crippen molar-refractivity contribution in [3.8, 4) is 5.75 Å². The van der Waals surface area contributed by atoms with Crippen molar-refractivity contribution in [2.45, 2.75) is 25.1 Å². The van der Waals surface area contributed by atoms with Crippen molar-refractivity contribution in [2.24, 2.45) is 7.05 Å². The lowest BCUT2D eigenvalue weighted by atomic mass is 10.0. The van der Waals surface area contributed by atoms with Gasteiger partial charge >= 0.3 is 0 Å². The standard InChI is InChI=1S/C9H15ClN2O/c1-6(7(2)10)9-8(13-4)5-11-12(9)3/h5-7H,1-4H3. The first-order chi connectivity index (χ1) is 6.07. The summed E-state index contributed by atoms with van der Waals surface area (Å²) < 4.78 is 7.00. The van der Waals surface area contributed by atoms with Gasteiger partial charge in [0.15, 0.2) is 5.75 Å². The summed E-state index contributed by atoms with van der Waals surface area (Å²) in [6.45, 7) is 4.04. The summed E-state index contributed by atoms with van der Waals surface area (Å²) >= 11 is 6.02. The average molecular weight is 203 g/mol. The van der Waals surface area contributed by atoms with Crippen molar-refractivity contribution in [1.82, 2.24) is 9.78 Å². The van der Waals surface area contributed by atoms with E-state index in [0.717, 1.165) is 11.4 Å². The first kappa shape index (κ1) is 10.4. The monoisotopic (exact) mass is 202 g/mol. The molecule has 13 heavy (non-hydrogen) atoms. The number of aryl methyl sites for hydroxylation is 1. The second-order valence-electron chi connectivity index (χ2n) is 3.19. The predicted octanol–water partition coefficient (Wildman–Crippen LogP) is 2.16. The van der Waals surface area contributed by atoms with E-state index in [0.29, 0.717) is 0 Å². The molecular weight excluding hydrogens is 188 g/mol. The van der Waals surface area contributed by atoms with Gasteiger partial charge in [-0.3, -0.25) is 4.68 Å². The lowest BCUT2D eigenvalue weighted by Crippen LogP contribution is -2.11. The van der Waals surface area contributed by atoms with Gasteiger partial charge in [-0.15, -0.1) is 11.6 Å². The Morgan fingerprint density at radius 1 is 1.54 bits per heavy atom. The molecule has 74 valence electrons. The number of rotatable bonds is 3. The molecule has 0 aliphatic rings. The van der Waals surface area contributed by atoms with E-state index in [2.05, 4.69) is 12.0 Å². The Kier molecular flexibility index (Phi) is 3.20. The van der Waals surface area contributed by atoms with Crippen molar-refractivity contribution >= 4 is 11.6 Å². The molecule has 2 atom stereocenters. The van der Waals surface area contributed by atoms with Crippen LogP contribution >= 0.6 is 11.6 Å². The summed E-state index contributed by atoms with van der Waals surface area (Å²) in [5.41, 5.74) is 1.05. The maximum atomic E-state index is 6.02. The Bertz CT molecular complexity index is 283. The van der Waals surface area contributed by atoms with Gasteiger partial charge in [-0.25, -0.2) is 0 Å². The van der Waals surface area contributed by atoms with E-state index in [9.17, 15) is 0 Å². The third-order valence-corrected chi connectivity index (χ3v) is 2.67. The summed E-state index contributed by atoms with van der Waals surface area (Å²) in [6, 6.07) is 0. The van der Waals surface area contributed by atoms with Crippen LogP contribution in [0.4, 0.5) is 0 Å². The van der Waals surface area contributed by atoms with Crippen molar-refractivity contribution in [3.63, 3.8) is 0 Å². The van der Waals surface area contributed by atoms with Crippen LogP contribution in [0, 0.1) is 0 Å². The van der Waals surface area contributed by atoms with Crippen molar-refractivity contribution in [2.75, 3.05) is 7.11 Å². The minimum absolute atomic E-state index is 0.0734. The molecule has 1 rings (SSSR count). The number of halogens is 1. The smallest absolute Gasteiger partial charge is 0.160 e. The topological polar surface area (TPSA) is 27.1 Å². The molecule has 0 aliphatic heterocycles. The molecule has 0 fully saturated rings. The quantitative estimate of drug-likeness (QED) is 0.703. The fourth-order valence-electron chi connectivity index (χ4n) is 1.32. The maximum Gasteiger partial charge on any atom is 0.160 e. The van der Waals surface area contributed by atoms with E-state index in [1.54, 1.807) is 13.3 Å². The highest BCUT2D eigenvalue weighted by atomic mass is 35.5. The Labute approximate surface area is 83.6 Å². The molecule has 0 aromatic carbocycles.